The Hall–Kier alpha value is -0.570. The van der Waals surface area contributed by atoms with E-state index in [9.17, 15) is 4.79 Å². The van der Waals surface area contributed by atoms with Crippen LogP contribution in [0.4, 0.5) is 0 Å². The fourth-order valence-electron chi connectivity index (χ4n) is 3.21. The molecule has 1 amide bonds. The van der Waals surface area contributed by atoms with Crippen molar-refractivity contribution in [3.05, 3.63) is 0 Å². The minimum absolute atomic E-state index is 0.370. The van der Waals surface area contributed by atoms with E-state index in [-0.39, 0.29) is 0 Å². The number of hydrogen-bond donors (Lipinski definition) is 1. The van der Waals surface area contributed by atoms with Crippen LogP contribution in [0.1, 0.15) is 66.2 Å². The van der Waals surface area contributed by atoms with Gasteiger partial charge in [-0.2, -0.15) is 0 Å². The van der Waals surface area contributed by atoms with Crippen molar-refractivity contribution in [2.75, 3.05) is 19.6 Å². The second kappa shape index (κ2) is 9.38. The van der Waals surface area contributed by atoms with E-state index in [1.807, 2.05) is 0 Å². The number of hydrogen-bond acceptors (Lipinski definition) is 2. The highest BCUT2D eigenvalue weighted by Gasteiger charge is 2.25. The van der Waals surface area contributed by atoms with Gasteiger partial charge < -0.3 is 10.2 Å². The number of carbonyl (C=O) groups excluding carboxylic acids is 1. The van der Waals surface area contributed by atoms with E-state index in [0.29, 0.717) is 17.9 Å². The number of nitrogens with zero attached hydrogens (tertiary/aromatic N) is 1. The van der Waals surface area contributed by atoms with Crippen LogP contribution in [0.25, 0.3) is 0 Å². The van der Waals surface area contributed by atoms with Crippen molar-refractivity contribution >= 4 is 5.91 Å². The average molecular weight is 282 g/mol. The monoisotopic (exact) mass is 282 g/mol. The summed E-state index contributed by atoms with van der Waals surface area (Å²) in [6.07, 6.45) is 6.73. The Morgan fingerprint density at radius 1 is 1.30 bits per heavy atom. The lowest BCUT2D eigenvalue weighted by Crippen LogP contribution is -2.46. The highest BCUT2D eigenvalue weighted by Crippen LogP contribution is 2.23. The second-order valence-corrected chi connectivity index (χ2v) is 6.37. The number of nitrogens with one attached hydrogen (secondary N) is 1. The summed E-state index contributed by atoms with van der Waals surface area (Å²) >= 11 is 0. The van der Waals surface area contributed by atoms with Gasteiger partial charge in [0.05, 0.1) is 0 Å². The first-order valence-electron chi connectivity index (χ1n) is 8.63. The van der Waals surface area contributed by atoms with Gasteiger partial charge in [0.1, 0.15) is 0 Å². The van der Waals surface area contributed by atoms with Crippen LogP contribution in [-0.4, -0.2) is 36.5 Å². The Morgan fingerprint density at radius 3 is 2.65 bits per heavy atom. The van der Waals surface area contributed by atoms with Crippen LogP contribution in [0.2, 0.25) is 0 Å². The highest BCUT2D eigenvalue weighted by molar-refractivity contribution is 5.76. The molecule has 0 spiro atoms. The van der Waals surface area contributed by atoms with Gasteiger partial charge in [0.25, 0.3) is 0 Å². The third-order valence-electron chi connectivity index (χ3n) is 4.84. The fraction of sp³-hybridized carbons (Fsp3) is 0.941. The van der Waals surface area contributed by atoms with Crippen molar-refractivity contribution in [2.24, 2.45) is 11.8 Å². The quantitative estimate of drug-likeness (QED) is 0.739. The molecule has 0 saturated carbocycles. The number of likely N-dealkylation sites (tertiary alicyclic amines) is 1. The summed E-state index contributed by atoms with van der Waals surface area (Å²) in [6.45, 7) is 11.7. The first-order chi connectivity index (χ1) is 9.62. The molecule has 1 heterocycles. The Kier molecular flexibility index (Phi) is 8.20. The molecule has 0 aromatic heterocycles. The lowest BCUT2D eigenvalue weighted by Gasteiger charge is -2.30. The summed E-state index contributed by atoms with van der Waals surface area (Å²) in [5.74, 6) is 1.75. The van der Waals surface area contributed by atoms with Gasteiger partial charge in [-0.05, 0) is 31.2 Å². The maximum atomic E-state index is 12.3. The Bertz CT molecular complexity index is 280. The molecule has 3 heteroatoms. The predicted octanol–water partition coefficient (Wildman–Crippen LogP) is 3.44. The van der Waals surface area contributed by atoms with Gasteiger partial charge >= 0.3 is 0 Å². The smallest absolute Gasteiger partial charge is 0.222 e. The van der Waals surface area contributed by atoms with Crippen LogP contribution < -0.4 is 5.32 Å². The molecule has 0 aromatic carbocycles. The average Bonchev–Trinajstić information content (AvgIpc) is 2.62. The molecule has 3 atom stereocenters. The third kappa shape index (κ3) is 5.43. The molecule has 1 aliphatic rings. The Labute approximate surface area is 125 Å². The molecular weight excluding hydrogens is 248 g/mol. The largest absolute Gasteiger partial charge is 0.341 e. The molecule has 118 valence electrons. The molecule has 3 nitrogen and oxygen atoms in total. The van der Waals surface area contributed by atoms with Crippen molar-refractivity contribution in [1.29, 1.82) is 0 Å². The zero-order chi connectivity index (χ0) is 15.0. The molecule has 1 N–H and O–H groups in total. The number of amides is 1. The minimum atomic E-state index is 0.370. The molecule has 1 saturated heterocycles. The number of rotatable bonds is 8. The van der Waals surface area contributed by atoms with Gasteiger partial charge in [-0.25, -0.2) is 0 Å². The van der Waals surface area contributed by atoms with Crippen LogP contribution in [0, 0.1) is 11.8 Å². The van der Waals surface area contributed by atoms with Gasteiger partial charge in [-0.1, -0.05) is 47.0 Å². The molecule has 1 rings (SSSR count). The first kappa shape index (κ1) is 17.5. The maximum absolute atomic E-state index is 12.3. The topological polar surface area (TPSA) is 32.3 Å². The number of likely N-dealkylation sites (N-methyl/N-ethyl adjacent to an activating group) is 1. The Balaban J connectivity index is 2.57. The summed E-state index contributed by atoms with van der Waals surface area (Å²) in [5.41, 5.74) is 0. The van der Waals surface area contributed by atoms with Crippen LogP contribution >= 0.6 is 0 Å². The number of carbonyl (C=O) groups is 1. The van der Waals surface area contributed by atoms with Gasteiger partial charge in [0, 0.05) is 25.6 Å². The second-order valence-electron chi connectivity index (χ2n) is 6.37. The predicted molar refractivity (Wildman–Crippen MR) is 85.7 cm³/mol. The minimum Gasteiger partial charge on any atom is -0.341 e. The van der Waals surface area contributed by atoms with E-state index >= 15 is 0 Å². The van der Waals surface area contributed by atoms with E-state index in [2.05, 4.69) is 37.9 Å². The summed E-state index contributed by atoms with van der Waals surface area (Å²) < 4.78 is 0. The standard InChI is InChI=1S/C17H34N2O/c1-5-8-15-9-10-17(20)19(12-11-15)13-16(18-7-3)14(4)6-2/h14-16,18H,5-13H2,1-4H3. The molecule has 0 aliphatic carbocycles. The van der Waals surface area contributed by atoms with E-state index in [1.165, 1.54) is 19.3 Å². The fourth-order valence-corrected chi connectivity index (χ4v) is 3.21. The molecule has 1 fully saturated rings. The van der Waals surface area contributed by atoms with E-state index in [1.54, 1.807) is 0 Å². The Morgan fingerprint density at radius 2 is 2.05 bits per heavy atom. The van der Waals surface area contributed by atoms with Gasteiger partial charge in [0.15, 0.2) is 0 Å². The van der Waals surface area contributed by atoms with E-state index in [4.69, 9.17) is 0 Å². The van der Waals surface area contributed by atoms with E-state index < -0.39 is 0 Å². The van der Waals surface area contributed by atoms with Crippen LogP contribution in [0.5, 0.6) is 0 Å². The van der Waals surface area contributed by atoms with Gasteiger partial charge in [-0.3, -0.25) is 4.79 Å². The van der Waals surface area contributed by atoms with Crippen LogP contribution in [0.3, 0.4) is 0 Å². The van der Waals surface area contributed by atoms with Crippen LogP contribution in [-0.2, 0) is 4.79 Å². The zero-order valence-electron chi connectivity index (χ0n) is 14.0. The highest BCUT2D eigenvalue weighted by atomic mass is 16.2. The molecular formula is C17H34N2O. The third-order valence-corrected chi connectivity index (χ3v) is 4.84. The van der Waals surface area contributed by atoms with Gasteiger partial charge in [0.2, 0.25) is 5.91 Å². The maximum Gasteiger partial charge on any atom is 0.222 e. The summed E-state index contributed by atoms with van der Waals surface area (Å²) in [6, 6.07) is 0.441. The molecule has 3 unspecified atom stereocenters. The summed E-state index contributed by atoms with van der Waals surface area (Å²) in [7, 11) is 0. The zero-order valence-corrected chi connectivity index (χ0v) is 14.0. The van der Waals surface area contributed by atoms with Crippen molar-refractivity contribution in [1.82, 2.24) is 10.2 Å². The molecule has 20 heavy (non-hydrogen) atoms. The summed E-state index contributed by atoms with van der Waals surface area (Å²) in [4.78, 5) is 14.4. The van der Waals surface area contributed by atoms with E-state index in [0.717, 1.165) is 44.8 Å². The summed E-state index contributed by atoms with van der Waals surface area (Å²) in [5, 5.41) is 3.56. The van der Waals surface area contributed by atoms with Crippen molar-refractivity contribution in [3.8, 4) is 0 Å². The lowest BCUT2D eigenvalue weighted by atomic mass is 9.96. The van der Waals surface area contributed by atoms with Crippen LogP contribution in [0.15, 0.2) is 0 Å². The van der Waals surface area contributed by atoms with Gasteiger partial charge in [-0.15, -0.1) is 0 Å². The first-order valence-corrected chi connectivity index (χ1v) is 8.63. The van der Waals surface area contributed by atoms with Crippen molar-refractivity contribution in [3.63, 3.8) is 0 Å². The molecule has 1 aliphatic heterocycles. The molecule has 0 bridgehead atoms. The lowest BCUT2D eigenvalue weighted by molar-refractivity contribution is -0.131. The SMILES string of the molecule is CCCC1CCC(=O)N(CC(NCC)C(C)CC)CC1. The normalized spacial score (nSPS) is 23.5. The molecule has 0 aromatic rings. The molecule has 0 radical (unpaired) electrons. The van der Waals surface area contributed by atoms with Crippen molar-refractivity contribution < 1.29 is 4.79 Å². The van der Waals surface area contributed by atoms with Crippen molar-refractivity contribution in [2.45, 2.75) is 72.3 Å².